The number of hydrazine groups is 1. The lowest BCUT2D eigenvalue weighted by Crippen LogP contribution is -2.29. The highest BCUT2D eigenvalue weighted by Crippen LogP contribution is 1.82. The summed E-state index contributed by atoms with van der Waals surface area (Å²) in [5.41, 5.74) is 1.89. The van der Waals surface area contributed by atoms with Gasteiger partial charge in [0.1, 0.15) is 12.9 Å². The summed E-state index contributed by atoms with van der Waals surface area (Å²) < 4.78 is 0. The molecule has 6 nitrogen and oxygen atoms in total. The van der Waals surface area contributed by atoms with E-state index in [1.54, 1.807) is 0 Å². The van der Waals surface area contributed by atoms with Gasteiger partial charge in [0.15, 0.2) is 10.9 Å². The van der Waals surface area contributed by atoms with Crippen molar-refractivity contribution in [3.8, 4) is 0 Å². The van der Waals surface area contributed by atoms with Gasteiger partial charge in [0.25, 0.3) is 0 Å². The molecule has 0 aliphatic carbocycles. The molecule has 0 saturated heterocycles. The third-order valence-corrected chi connectivity index (χ3v) is 0.757. The number of amidine groups is 1. The zero-order valence-electron chi connectivity index (χ0n) is 4.44. The van der Waals surface area contributed by atoms with Crippen molar-refractivity contribution in [2.24, 2.45) is 9.98 Å². The smallest absolute Gasteiger partial charge is 0.190 e. The summed E-state index contributed by atoms with van der Waals surface area (Å²) in [7, 11) is 0. The van der Waals surface area contributed by atoms with E-state index in [1.807, 2.05) is 5.43 Å². The molecule has 6 heteroatoms. The van der Waals surface area contributed by atoms with Crippen molar-refractivity contribution in [2.45, 2.75) is 0 Å². The summed E-state index contributed by atoms with van der Waals surface area (Å²) in [5, 5.41) is 9.05. The number of hydrogen-bond acceptors (Lipinski definition) is 4. The molecule has 1 heterocycles. The maximum atomic E-state index is 9.71. The van der Waals surface area contributed by atoms with E-state index in [-0.39, 0.29) is 12.4 Å². The van der Waals surface area contributed by atoms with Gasteiger partial charge in [-0.15, -0.1) is 0 Å². The van der Waals surface area contributed by atoms with E-state index in [1.165, 1.54) is 6.34 Å². The van der Waals surface area contributed by atoms with Crippen LogP contribution in [-0.4, -0.2) is 23.8 Å². The summed E-state index contributed by atoms with van der Waals surface area (Å²) in [6.07, 6.45) is 1.28. The minimum absolute atomic E-state index is 0.278. The van der Waals surface area contributed by atoms with Crippen LogP contribution in [0.3, 0.4) is 0 Å². The van der Waals surface area contributed by atoms with Gasteiger partial charge in [-0.25, -0.2) is 15.1 Å². The number of nitrogens with zero attached hydrogens (tertiary/aromatic N) is 3. The number of aliphatic imine (C=N–C) groups is 2. The maximum Gasteiger partial charge on any atom is 0.190 e. The molecule has 1 N–H and O–H groups in total. The van der Waals surface area contributed by atoms with Crippen molar-refractivity contribution >= 4 is 12.2 Å². The van der Waals surface area contributed by atoms with Crippen molar-refractivity contribution in [3.63, 3.8) is 0 Å². The predicted molar refractivity (Wildman–Crippen MR) is 30.9 cm³/mol. The normalized spacial score (nSPS) is 15.3. The van der Waals surface area contributed by atoms with E-state index in [0.29, 0.717) is 0 Å². The molecule has 1 aliphatic heterocycles. The van der Waals surface area contributed by atoms with E-state index < -0.39 is 5.03 Å². The first-order chi connectivity index (χ1) is 4.29. The largest absolute Gasteiger partial charge is 0.265 e. The van der Waals surface area contributed by atoms with E-state index >= 15 is 0 Å². The predicted octanol–water partition coefficient (Wildman–Crippen LogP) is -0.792. The fraction of sp³-hybridized carbons (Fsp3) is 0.333. The monoisotopic (exact) mass is 128 g/mol. The Kier molecular flexibility index (Phi) is 1.39. The summed E-state index contributed by atoms with van der Waals surface area (Å²) in [6.45, 7) is 0.279. The molecule has 1 rings (SSSR count). The molecular weight excluding hydrogens is 124 g/mol. The Morgan fingerprint density at radius 1 is 1.89 bits per heavy atom. The Labute approximate surface area is 50.4 Å². The molecule has 0 fully saturated rings. The van der Waals surface area contributed by atoms with Gasteiger partial charge in [0.05, 0.1) is 0 Å². The average molecular weight is 128 g/mol. The first kappa shape index (κ1) is 5.67. The zero-order valence-corrected chi connectivity index (χ0v) is 4.44. The lowest BCUT2D eigenvalue weighted by molar-refractivity contribution is -0.525. The molecule has 0 unspecified atom stereocenters. The molecule has 0 bridgehead atoms. The standard InChI is InChI=1S/C3H4N4O2/c8-7(9)6-3-1-4-2-5-3/h2H,1H2,(H,4,5,6). The summed E-state index contributed by atoms with van der Waals surface area (Å²) in [4.78, 5) is 16.9. The van der Waals surface area contributed by atoms with E-state index in [4.69, 9.17) is 0 Å². The van der Waals surface area contributed by atoms with Crippen molar-refractivity contribution < 1.29 is 5.03 Å². The fourth-order valence-electron chi connectivity index (χ4n) is 0.448. The summed E-state index contributed by atoms with van der Waals surface area (Å²) >= 11 is 0. The lowest BCUT2D eigenvalue weighted by Gasteiger charge is -1.90. The van der Waals surface area contributed by atoms with Gasteiger partial charge in [0, 0.05) is 0 Å². The molecule has 0 aromatic heterocycles. The summed E-state index contributed by atoms with van der Waals surface area (Å²) in [6, 6.07) is 0. The quantitative estimate of drug-likeness (QED) is 0.371. The second-order valence-corrected chi connectivity index (χ2v) is 1.40. The van der Waals surface area contributed by atoms with Crippen molar-refractivity contribution in [3.05, 3.63) is 10.1 Å². The molecule has 0 aromatic rings. The van der Waals surface area contributed by atoms with Crippen LogP contribution in [0.2, 0.25) is 0 Å². The van der Waals surface area contributed by atoms with Crippen LogP contribution in [0.1, 0.15) is 0 Å². The highest BCUT2D eigenvalue weighted by Gasteiger charge is 2.05. The molecule has 9 heavy (non-hydrogen) atoms. The highest BCUT2D eigenvalue weighted by molar-refractivity contribution is 5.93. The highest BCUT2D eigenvalue weighted by atomic mass is 16.7. The number of nitrogens with one attached hydrogen (secondary N) is 1. The molecule has 1 aliphatic rings. The Bertz CT molecular complexity index is 184. The van der Waals surface area contributed by atoms with Gasteiger partial charge < -0.3 is 0 Å². The number of hydrogen-bond donors (Lipinski definition) is 1. The Balaban J connectivity index is 2.39. The molecule has 48 valence electrons. The van der Waals surface area contributed by atoms with Gasteiger partial charge in [0.2, 0.25) is 0 Å². The second kappa shape index (κ2) is 2.21. The van der Waals surface area contributed by atoms with Crippen LogP contribution in [0.5, 0.6) is 0 Å². The van der Waals surface area contributed by atoms with Crippen molar-refractivity contribution in [1.29, 1.82) is 0 Å². The Morgan fingerprint density at radius 3 is 3.11 bits per heavy atom. The van der Waals surface area contributed by atoms with Gasteiger partial charge in [-0.05, 0) is 0 Å². The molecule has 0 saturated carbocycles. The third-order valence-electron chi connectivity index (χ3n) is 0.757. The summed E-state index contributed by atoms with van der Waals surface area (Å²) in [5.74, 6) is 0.278. The van der Waals surface area contributed by atoms with Gasteiger partial charge in [-0.1, -0.05) is 5.43 Å². The van der Waals surface area contributed by atoms with Crippen LogP contribution in [0.25, 0.3) is 0 Å². The molecule has 0 amide bonds. The Hall–Kier alpha value is -1.46. The van der Waals surface area contributed by atoms with Crippen molar-refractivity contribution in [1.82, 2.24) is 5.43 Å². The van der Waals surface area contributed by atoms with E-state index in [2.05, 4.69) is 9.98 Å². The van der Waals surface area contributed by atoms with Gasteiger partial charge >= 0.3 is 0 Å². The van der Waals surface area contributed by atoms with Gasteiger partial charge in [-0.2, -0.15) is 0 Å². The zero-order chi connectivity index (χ0) is 6.69. The third kappa shape index (κ3) is 1.48. The molecule has 0 spiro atoms. The first-order valence-electron chi connectivity index (χ1n) is 2.25. The van der Waals surface area contributed by atoms with Crippen LogP contribution in [0, 0.1) is 10.1 Å². The maximum absolute atomic E-state index is 9.71. The molecule has 0 aromatic carbocycles. The Morgan fingerprint density at radius 2 is 2.67 bits per heavy atom. The van der Waals surface area contributed by atoms with Crippen LogP contribution in [-0.2, 0) is 0 Å². The molecule has 0 radical (unpaired) electrons. The SMILES string of the molecule is O=[N+]([O-])NC1=NC=NC1. The lowest BCUT2D eigenvalue weighted by atomic mass is 10.6. The minimum atomic E-state index is -0.659. The average Bonchev–Trinajstić information content (AvgIpc) is 2.15. The number of nitro groups is 1. The second-order valence-electron chi connectivity index (χ2n) is 1.40. The van der Waals surface area contributed by atoms with Crippen LogP contribution >= 0.6 is 0 Å². The van der Waals surface area contributed by atoms with Gasteiger partial charge in [-0.3, -0.25) is 4.99 Å². The van der Waals surface area contributed by atoms with Crippen LogP contribution in [0.15, 0.2) is 9.98 Å². The molecule has 0 atom stereocenters. The van der Waals surface area contributed by atoms with E-state index in [0.717, 1.165) is 0 Å². The van der Waals surface area contributed by atoms with Crippen molar-refractivity contribution in [2.75, 3.05) is 6.54 Å². The fourth-order valence-corrected chi connectivity index (χ4v) is 0.448. The molecular formula is C3H4N4O2. The van der Waals surface area contributed by atoms with Crippen LogP contribution in [0.4, 0.5) is 0 Å². The topological polar surface area (TPSA) is 79.9 Å². The van der Waals surface area contributed by atoms with E-state index in [9.17, 15) is 10.1 Å². The number of rotatable bonds is 1. The van der Waals surface area contributed by atoms with Crippen LogP contribution < -0.4 is 5.43 Å². The minimum Gasteiger partial charge on any atom is -0.265 e. The first-order valence-corrected chi connectivity index (χ1v) is 2.25.